The van der Waals surface area contributed by atoms with Crippen LogP contribution in [-0.2, 0) is 0 Å². The number of hydrogen-bond donors (Lipinski definition) is 2. The number of aliphatic hydroxyl groups excluding tert-OH is 1. The zero-order valence-electron chi connectivity index (χ0n) is 8.24. The molecule has 1 rings (SSSR count). The van der Waals surface area contributed by atoms with E-state index in [0.29, 0.717) is 5.92 Å². The van der Waals surface area contributed by atoms with Gasteiger partial charge in [-0.1, -0.05) is 19.1 Å². The molecular weight excluding hydrogens is 182 g/mol. The fourth-order valence-corrected chi connectivity index (χ4v) is 1.72. The van der Waals surface area contributed by atoms with E-state index in [0.717, 1.165) is 37.4 Å². The van der Waals surface area contributed by atoms with E-state index in [1.54, 1.807) is 0 Å². The largest absolute Gasteiger partial charge is 0.392 e. The molecule has 1 fully saturated rings. The summed E-state index contributed by atoms with van der Waals surface area (Å²) in [5.74, 6) is 1.18. The van der Waals surface area contributed by atoms with Crippen LogP contribution in [0.4, 0.5) is 0 Å². The lowest BCUT2D eigenvalue weighted by atomic mass is 9.96. The van der Waals surface area contributed by atoms with Crippen LogP contribution in [0, 0.1) is 5.92 Å². The smallest absolute Gasteiger partial charge is 0.0693 e. The van der Waals surface area contributed by atoms with Crippen molar-refractivity contribution in [2.24, 2.45) is 5.92 Å². The van der Waals surface area contributed by atoms with Crippen molar-refractivity contribution >= 4 is 12.6 Å². The van der Waals surface area contributed by atoms with E-state index in [4.69, 9.17) is 0 Å². The minimum atomic E-state index is -0.165. The zero-order chi connectivity index (χ0) is 9.84. The monoisotopic (exact) mass is 201 g/mol. The summed E-state index contributed by atoms with van der Waals surface area (Å²) in [4.78, 5) is 2.25. The molecule has 2 atom stereocenters. The summed E-state index contributed by atoms with van der Waals surface area (Å²) >= 11 is 4.17. The number of hydrogen-bond acceptors (Lipinski definition) is 3. The lowest BCUT2D eigenvalue weighted by molar-refractivity contribution is 0.0333. The molecule has 0 aromatic carbocycles. The number of rotatable bonds is 3. The van der Waals surface area contributed by atoms with Gasteiger partial charge in [0.2, 0.25) is 0 Å². The third-order valence-corrected chi connectivity index (χ3v) is 3.12. The van der Waals surface area contributed by atoms with E-state index in [-0.39, 0.29) is 6.10 Å². The summed E-state index contributed by atoms with van der Waals surface area (Å²) in [6, 6.07) is 0. The van der Waals surface area contributed by atoms with Gasteiger partial charge in [0.15, 0.2) is 0 Å². The van der Waals surface area contributed by atoms with Crippen LogP contribution < -0.4 is 0 Å². The summed E-state index contributed by atoms with van der Waals surface area (Å²) in [6.45, 7) is 8.76. The van der Waals surface area contributed by atoms with Gasteiger partial charge < -0.3 is 5.11 Å². The van der Waals surface area contributed by atoms with Crippen molar-refractivity contribution in [1.82, 2.24) is 4.90 Å². The molecule has 1 aliphatic rings. The summed E-state index contributed by atoms with van der Waals surface area (Å²) in [5.41, 5.74) is 1.13. The molecular formula is C10H19NOS. The van der Waals surface area contributed by atoms with Gasteiger partial charge in [0.25, 0.3) is 0 Å². The van der Waals surface area contributed by atoms with Crippen LogP contribution in [-0.4, -0.2) is 41.5 Å². The topological polar surface area (TPSA) is 23.5 Å². The quantitative estimate of drug-likeness (QED) is 0.529. The normalized spacial score (nSPS) is 30.4. The fourth-order valence-electron chi connectivity index (χ4n) is 1.62. The van der Waals surface area contributed by atoms with E-state index < -0.39 is 0 Å². The number of thiol groups is 1. The summed E-state index contributed by atoms with van der Waals surface area (Å²) < 4.78 is 0. The minimum Gasteiger partial charge on any atom is -0.392 e. The second kappa shape index (κ2) is 5.03. The first-order valence-electron chi connectivity index (χ1n) is 4.81. The van der Waals surface area contributed by atoms with E-state index in [1.807, 2.05) is 0 Å². The molecule has 1 saturated heterocycles. The van der Waals surface area contributed by atoms with Crippen LogP contribution in [0.1, 0.15) is 13.3 Å². The maximum absolute atomic E-state index is 9.64. The second-order valence-electron chi connectivity index (χ2n) is 3.98. The van der Waals surface area contributed by atoms with Crippen molar-refractivity contribution in [3.05, 3.63) is 12.2 Å². The predicted molar refractivity (Wildman–Crippen MR) is 59.2 cm³/mol. The first-order valence-corrected chi connectivity index (χ1v) is 5.44. The molecule has 1 heterocycles. The van der Waals surface area contributed by atoms with Crippen molar-refractivity contribution in [3.8, 4) is 0 Å². The molecule has 1 N–H and O–H groups in total. The van der Waals surface area contributed by atoms with Gasteiger partial charge >= 0.3 is 0 Å². The Labute approximate surface area is 86.0 Å². The van der Waals surface area contributed by atoms with Gasteiger partial charge in [0, 0.05) is 18.8 Å². The van der Waals surface area contributed by atoms with E-state index in [2.05, 4.69) is 31.0 Å². The highest BCUT2D eigenvalue weighted by molar-refractivity contribution is 7.80. The predicted octanol–water partition coefficient (Wildman–Crippen LogP) is 1.18. The SMILES string of the molecule is C=C(CS)CN1CCC(C)C(O)C1. The van der Waals surface area contributed by atoms with Crippen LogP contribution in [0.15, 0.2) is 12.2 Å². The van der Waals surface area contributed by atoms with Crippen molar-refractivity contribution in [3.63, 3.8) is 0 Å². The number of aliphatic hydroxyl groups is 1. The zero-order valence-corrected chi connectivity index (χ0v) is 9.13. The van der Waals surface area contributed by atoms with Crippen molar-refractivity contribution in [2.75, 3.05) is 25.4 Å². The van der Waals surface area contributed by atoms with Gasteiger partial charge in [0.1, 0.15) is 0 Å². The standard InChI is InChI=1S/C10H19NOS/c1-8(7-13)5-11-4-3-9(2)10(12)6-11/h9-10,12-13H,1,3-7H2,2H3. The second-order valence-corrected chi connectivity index (χ2v) is 4.29. The molecule has 0 radical (unpaired) electrons. The summed E-state index contributed by atoms with van der Waals surface area (Å²) in [7, 11) is 0. The van der Waals surface area contributed by atoms with Gasteiger partial charge in [-0.2, -0.15) is 12.6 Å². The van der Waals surface area contributed by atoms with Crippen LogP contribution in [0.2, 0.25) is 0 Å². The number of β-amino-alcohol motifs (C(OH)–C–C–N with tert-alkyl or cyclic N) is 1. The Morgan fingerprint density at radius 2 is 2.38 bits per heavy atom. The third-order valence-electron chi connectivity index (χ3n) is 2.67. The molecule has 0 saturated carbocycles. The molecule has 0 aliphatic carbocycles. The van der Waals surface area contributed by atoms with Crippen molar-refractivity contribution in [2.45, 2.75) is 19.4 Å². The first kappa shape index (κ1) is 11.1. The van der Waals surface area contributed by atoms with E-state index in [1.165, 1.54) is 0 Å². The summed E-state index contributed by atoms with van der Waals surface area (Å²) in [5, 5.41) is 9.64. The average Bonchev–Trinajstić information content (AvgIpc) is 2.11. The Kier molecular flexibility index (Phi) is 4.29. The molecule has 0 amide bonds. The van der Waals surface area contributed by atoms with Crippen LogP contribution in [0.5, 0.6) is 0 Å². The van der Waals surface area contributed by atoms with Crippen LogP contribution in [0.25, 0.3) is 0 Å². The average molecular weight is 201 g/mol. The molecule has 13 heavy (non-hydrogen) atoms. The minimum absolute atomic E-state index is 0.165. The lowest BCUT2D eigenvalue weighted by Crippen LogP contribution is -2.43. The first-order chi connectivity index (χ1) is 6.13. The molecule has 0 bridgehead atoms. The number of likely N-dealkylation sites (tertiary alicyclic amines) is 1. The molecule has 1 aliphatic heterocycles. The molecule has 2 nitrogen and oxygen atoms in total. The third kappa shape index (κ3) is 3.33. The van der Waals surface area contributed by atoms with E-state index >= 15 is 0 Å². The van der Waals surface area contributed by atoms with Crippen LogP contribution in [0.3, 0.4) is 0 Å². The maximum atomic E-state index is 9.64. The lowest BCUT2D eigenvalue weighted by Gasteiger charge is -2.34. The number of piperidine rings is 1. The van der Waals surface area contributed by atoms with Gasteiger partial charge in [-0.05, 0) is 18.9 Å². The van der Waals surface area contributed by atoms with Crippen molar-refractivity contribution < 1.29 is 5.11 Å². The van der Waals surface area contributed by atoms with Gasteiger partial charge in [-0.25, -0.2) is 0 Å². The van der Waals surface area contributed by atoms with Gasteiger partial charge in [-0.3, -0.25) is 4.90 Å². The Morgan fingerprint density at radius 1 is 1.69 bits per heavy atom. The Balaban J connectivity index is 2.33. The molecule has 3 heteroatoms. The maximum Gasteiger partial charge on any atom is 0.0693 e. The van der Waals surface area contributed by atoms with Gasteiger partial charge in [-0.15, -0.1) is 0 Å². The van der Waals surface area contributed by atoms with Gasteiger partial charge in [0.05, 0.1) is 6.10 Å². The highest BCUT2D eigenvalue weighted by Crippen LogP contribution is 2.17. The van der Waals surface area contributed by atoms with E-state index in [9.17, 15) is 5.11 Å². The Bertz CT molecular complexity index is 184. The molecule has 0 aromatic heterocycles. The van der Waals surface area contributed by atoms with Crippen molar-refractivity contribution in [1.29, 1.82) is 0 Å². The highest BCUT2D eigenvalue weighted by Gasteiger charge is 2.23. The molecule has 0 spiro atoms. The fraction of sp³-hybridized carbons (Fsp3) is 0.800. The summed E-state index contributed by atoms with van der Waals surface area (Å²) in [6.07, 6.45) is 0.919. The molecule has 0 aromatic rings. The molecule has 2 unspecified atom stereocenters. The van der Waals surface area contributed by atoms with Crippen LogP contribution >= 0.6 is 12.6 Å². The Morgan fingerprint density at radius 3 is 2.92 bits per heavy atom. The Hall–Kier alpha value is 0.01000. The highest BCUT2D eigenvalue weighted by atomic mass is 32.1. The number of nitrogens with zero attached hydrogens (tertiary/aromatic N) is 1. The molecule has 76 valence electrons.